The van der Waals surface area contributed by atoms with Crippen molar-refractivity contribution in [1.82, 2.24) is 20.0 Å². The molecule has 0 unspecified atom stereocenters. The minimum absolute atomic E-state index is 0.0181. The first-order valence-electron chi connectivity index (χ1n) is 6.57. The van der Waals surface area contributed by atoms with Gasteiger partial charge in [0.15, 0.2) is 11.3 Å². The number of aromatic carboxylic acids is 1. The van der Waals surface area contributed by atoms with E-state index in [9.17, 15) is 4.79 Å². The predicted molar refractivity (Wildman–Crippen MR) is 74.2 cm³/mol. The van der Waals surface area contributed by atoms with Crippen LogP contribution >= 0.6 is 0 Å². The summed E-state index contributed by atoms with van der Waals surface area (Å²) in [6.45, 7) is 4.05. The molecule has 1 N–H and O–H groups in total. The quantitative estimate of drug-likeness (QED) is 0.790. The molecule has 21 heavy (non-hydrogen) atoms. The second-order valence-electron chi connectivity index (χ2n) is 5.02. The van der Waals surface area contributed by atoms with Crippen molar-refractivity contribution in [3.8, 4) is 0 Å². The number of hydrogen-bond acceptors (Lipinski definition) is 5. The number of hydrogen-bond donors (Lipinski definition) is 1. The normalized spacial score (nSPS) is 11.4. The van der Waals surface area contributed by atoms with E-state index in [1.165, 1.54) is 4.68 Å². The Morgan fingerprint density at radius 1 is 1.38 bits per heavy atom. The van der Waals surface area contributed by atoms with Gasteiger partial charge in [0.05, 0.1) is 5.69 Å². The molecule has 0 saturated carbocycles. The van der Waals surface area contributed by atoms with Crippen molar-refractivity contribution in [2.24, 2.45) is 0 Å². The third-order valence-corrected chi connectivity index (χ3v) is 3.15. The number of fused-ring (bicyclic) bond motifs is 1. The summed E-state index contributed by atoms with van der Waals surface area (Å²) in [6, 6.07) is 7.44. The Hall–Kier alpha value is -2.70. The molecule has 3 aromatic rings. The summed E-state index contributed by atoms with van der Waals surface area (Å²) in [6.07, 6.45) is 0. The van der Waals surface area contributed by atoms with E-state index in [0.717, 1.165) is 5.52 Å². The zero-order valence-electron chi connectivity index (χ0n) is 11.6. The molecule has 1 aromatic carbocycles. The maximum atomic E-state index is 11.2. The Balaban J connectivity index is 1.99. The van der Waals surface area contributed by atoms with Crippen LogP contribution < -0.4 is 0 Å². The van der Waals surface area contributed by atoms with E-state index in [-0.39, 0.29) is 18.2 Å². The standard InChI is InChI=1S/C14H14N4O3/c1-8(2)13-12(14(19)20)16-17-18(13)7-11-15-9-5-3-4-6-10(9)21-11/h3-6,8H,7H2,1-2H3,(H,19,20). The maximum absolute atomic E-state index is 11.2. The highest BCUT2D eigenvalue weighted by molar-refractivity contribution is 5.86. The van der Waals surface area contributed by atoms with Crippen LogP contribution in [-0.2, 0) is 6.54 Å². The molecule has 0 bridgehead atoms. The highest BCUT2D eigenvalue weighted by atomic mass is 16.4. The van der Waals surface area contributed by atoms with Crippen LogP contribution in [0.3, 0.4) is 0 Å². The molecule has 0 amide bonds. The zero-order valence-corrected chi connectivity index (χ0v) is 11.6. The molecule has 2 aromatic heterocycles. The van der Waals surface area contributed by atoms with Crippen molar-refractivity contribution < 1.29 is 14.3 Å². The molecule has 0 aliphatic carbocycles. The number of nitrogens with zero attached hydrogens (tertiary/aromatic N) is 4. The van der Waals surface area contributed by atoms with Gasteiger partial charge in [-0.15, -0.1) is 5.10 Å². The number of carboxylic acid groups (broad SMARTS) is 1. The topological polar surface area (TPSA) is 94.0 Å². The minimum atomic E-state index is -1.08. The van der Waals surface area contributed by atoms with Gasteiger partial charge in [0.2, 0.25) is 5.89 Å². The number of benzene rings is 1. The Labute approximate surface area is 120 Å². The first-order valence-corrected chi connectivity index (χ1v) is 6.57. The van der Waals surface area contributed by atoms with E-state index in [4.69, 9.17) is 9.52 Å². The fourth-order valence-electron chi connectivity index (χ4n) is 2.28. The van der Waals surface area contributed by atoms with Crippen LogP contribution in [0.1, 0.15) is 41.8 Å². The van der Waals surface area contributed by atoms with Gasteiger partial charge in [0, 0.05) is 0 Å². The van der Waals surface area contributed by atoms with Gasteiger partial charge in [0.1, 0.15) is 12.1 Å². The summed E-state index contributed by atoms with van der Waals surface area (Å²) in [4.78, 5) is 15.5. The van der Waals surface area contributed by atoms with Crippen LogP contribution in [-0.4, -0.2) is 31.1 Å². The molecule has 0 saturated heterocycles. The molecule has 0 aliphatic rings. The average molecular weight is 286 g/mol. The summed E-state index contributed by atoms with van der Waals surface area (Å²) < 4.78 is 7.16. The molecular weight excluding hydrogens is 272 g/mol. The Morgan fingerprint density at radius 3 is 2.81 bits per heavy atom. The maximum Gasteiger partial charge on any atom is 0.358 e. The lowest BCUT2D eigenvalue weighted by atomic mass is 10.1. The van der Waals surface area contributed by atoms with Crippen LogP contribution in [0.4, 0.5) is 0 Å². The molecule has 2 heterocycles. The summed E-state index contributed by atoms with van der Waals surface area (Å²) in [5.41, 5.74) is 1.99. The van der Waals surface area contributed by atoms with Crippen LogP contribution in [0, 0.1) is 0 Å². The summed E-state index contributed by atoms with van der Waals surface area (Å²) in [5.74, 6) is -0.627. The molecule has 108 valence electrons. The molecule has 0 fully saturated rings. The van der Waals surface area contributed by atoms with Crippen LogP contribution in [0.25, 0.3) is 11.1 Å². The van der Waals surface area contributed by atoms with Gasteiger partial charge in [-0.2, -0.15) is 0 Å². The monoisotopic (exact) mass is 286 g/mol. The molecule has 0 atom stereocenters. The number of aromatic nitrogens is 4. The van der Waals surface area contributed by atoms with E-state index in [1.54, 1.807) is 0 Å². The number of carboxylic acids is 1. The molecule has 0 spiro atoms. The molecule has 0 radical (unpaired) electrons. The van der Waals surface area contributed by atoms with Crippen molar-refractivity contribution in [3.63, 3.8) is 0 Å². The van der Waals surface area contributed by atoms with Gasteiger partial charge < -0.3 is 9.52 Å². The van der Waals surface area contributed by atoms with Crippen molar-refractivity contribution in [2.45, 2.75) is 26.3 Å². The van der Waals surface area contributed by atoms with Crippen LogP contribution in [0.15, 0.2) is 28.7 Å². The Kier molecular flexibility index (Phi) is 3.17. The number of para-hydroxylation sites is 2. The summed E-state index contributed by atoms with van der Waals surface area (Å²) in [7, 11) is 0. The van der Waals surface area contributed by atoms with Gasteiger partial charge in [-0.3, -0.25) is 0 Å². The van der Waals surface area contributed by atoms with E-state index in [2.05, 4.69) is 15.3 Å². The fourth-order valence-corrected chi connectivity index (χ4v) is 2.28. The van der Waals surface area contributed by atoms with E-state index in [1.807, 2.05) is 38.1 Å². The van der Waals surface area contributed by atoms with Crippen LogP contribution in [0.5, 0.6) is 0 Å². The first-order chi connectivity index (χ1) is 10.1. The van der Waals surface area contributed by atoms with Gasteiger partial charge in [-0.1, -0.05) is 31.2 Å². The predicted octanol–water partition coefficient (Wildman–Crippen LogP) is 2.29. The first kappa shape index (κ1) is 13.3. The fraction of sp³-hybridized carbons (Fsp3) is 0.286. The Bertz CT molecular complexity index is 771. The molecular formula is C14H14N4O3. The molecule has 7 nitrogen and oxygen atoms in total. The SMILES string of the molecule is CC(C)c1c(C(=O)O)nnn1Cc1nc2ccccc2o1. The van der Waals surface area contributed by atoms with E-state index < -0.39 is 5.97 Å². The lowest BCUT2D eigenvalue weighted by Gasteiger charge is -2.07. The molecule has 3 rings (SSSR count). The zero-order chi connectivity index (χ0) is 15.0. The third-order valence-electron chi connectivity index (χ3n) is 3.15. The third kappa shape index (κ3) is 2.37. The summed E-state index contributed by atoms with van der Waals surface area (Å²) in [5, 5.41) is 16.8. The molecule has 0 aliphatic heterocycles. The highest BCUT2D eigenvalue weighted by Gasteiger charge is 2.22. The number of oxazole rings is 1. The molecule has 7 heteroatoms. The minimum Gasteiger partial charge on any atom is -0.476 e. The second-order valence-corrected chi connectivity index (χ2v) is 5.02. The van der Waals surface area contributed by atoms with E-state index >= 15 is 0 Å². The summed E-state index contributed by atoms with van der Waals surface area (Å²) >= 11 is 0. The van der Waals surface area contributed by atoms with Crippen molar-refractivity contribution in [1.29, 1.82) is 0 Å². The largest absolute Gasteiger partial charge is 0.476 e. The number of rotatable bonds is 4. The average Bonchev–Trinajstić information content (AvgIpc) is 3.01. The van der Waals surface area contributed by atoms with Crippen molar-refractivity contribution in [2.75, 3.05) is 0 Å². The lowest BCUT2D eigenvalue weighted by Crippen LogP contribution is -2.11. The van der Waals surface area contributed by atoms with Crippen molar-refractivity contribution in [3.05, 3.63) is 41.5 Å². The number of carbonyl (C=O) groups is 1. The smallest absolute Gasteiger partial charge is 0.358 e. The van der Waals surface area contributed by atoms with Gasteiger partial charge in [-0.05, 0) is 18.1 Å². The Morgan fingerprint density at radius 2 is 2.14 bits per heavy atom. The van der Waals surface area contributed by atoms with Crippen molar-refractivity contribution >= 4 is 17.1 Å². The van der Waals surface area contributed by atoms with Gasteiger partial charge in [0.25, 0.3) is 0 Å². The lowest BCUT2D eigenvalue weighted by molar-refractivity contribution is 0.0688. The second kappa shape index (κ2) is 5.01. The van der Waals surface area contributed by atoms with E-state index in [0.29, 0.717) is 17.2 Å². The van der Waals surface area contributed by atoms with Gasteiger partial charge in [-0.25, -0.2) is 14.5 Å². The highest BCUT2D eigenvalue weighted by Crippen LogP contribution is 2.20. The van der Waals surface area contributed by atoms with Gasteiger partial charge >= 0.3 is 5.97 Å². The van der Waals surface area contributed by atoms with Crippen LogP contribution in [0.2, 0.25) is 0 Å².